The van der Waals surface area contributed by atoms with Crippen LogP contribution in [0.1, 0.15) is 42.6 Å². The monoisotopic (exact) mass is 269 g/mol. The second kappa shape index (κ2) is 5.41. The summed E-state index contributed by atoms with van der Waals surface area (Å²) in [4.78, 5) is 0. The van der Waals surface area contributed by atoms with Crippen LogP contribution >= 0.6 is 0 Å². The van der Waals surface area contributed by atoms with Crippen LogP contribution in [0.15, 0.2) is 24.4 Å². The summed E-state index contributed by atoms with van der Waals surface area (Å²) in [6.45, 7) is 5.28. The third-order valence-corrected chi connectivity index (χ3v) is 4.28. The molecule has 1 N–H and O–H groups in total. The van der Waals surface area contributed by atoms with Gasteiger partial charge < -0.3 is 5.32 Å². The van der Waals surface area contributed by atoms with E-state index in [9.17, 15) is 0 Å². The molecule has 3 heteroatoms. The lowest BCUT2D eigenvalue weighted by Gasteiger charge is -2.10. The molecule has 1 aliphatic carbocycles. The van der Waals surface area contributed by atoms with Crippen molar-refractivity contribution < 1.29 is 0 Å². The van der Waals surface area contributed by atoms with Gasteiger partial charge in [0, 0.05) is 24.3 Å². The Morgan fingerprint density at radius 2 is 2.25 bits per heavy atom. The van der Waals surface area contributed by atoms with Gasteiger partial charge in [0.1, 0.15) is 0 Å². The minimum absolute atomic E-state index is 0.531. The highest BCUT2D eigenvalue weighted by Gasteiger charge is 2.21. The molecule has 2 aromatic rings. The molecule has 106 valence electrons. The highest BCUT2D eigenvalue weighted by molar-refractivity contribution is 5.67. The fraction of sp³-hybridized carbons (Fsp3) is 0.471. The van der Waals surface area contributed by atoms with E-state index in [1.54, 1.807) is 0 Å². The zero-order chi connectivity index (χ0) is 14.1. The number of nitrogens with one attached hydrogen (secondary N) is 1. The van der Waals surface area contributed by atoms with Crippen LogP contribution in [0.5, 0.6) is 0 Å². The van der Waals surface area contributed by atoms with E-state index in [0.29, 0.717) is 6.04 Å². The number of aromatic nitrogens is 2. The minimum atomic E-state index is 0.531. The third kappa shape index (κ3) is 2.27. The molecule has 1 aromatic heterocycles. The van der Waals surface area contributed by atoms with Crippen molar-refractivity contribution >= 4 is 0 Å². The van der Waals surface area contributed by atoms with E-state index in [1.165, 1.54) is 35.1 Å². The van der Waals surface area contributed by atoms with Crippen LogP contribution in [0.2, 0.25) is 0 Å². The summed E-state index contributed by atoms with van der Waals surface area (Å²) in [7, 11) is 2.05. The number of nitrogens with zero attached hydrogens (tertiary/aromatic N) is 2. The first kappa shape index (κ1) is 13.4. The predicted molar refractivity (Wildman–Crippen MR) is 82.8 cm³/mol. The Labute approximate surface area is 121 Å². The molecular formula is C17H23N3. The Balaban J connectivity index is 1.95. The fourth-order valence-corrected chi connectivity index (χ4v) is 3.23. The number of aryl methyl sites for hydroxylation is 3. The molecule has 3 rings (SSSR count). The second-order valence-corrected chi connectivity index (χ2v) is 5.68. The van der Waals surface area contributed by atoms with Crippen molar-refractivity contribution in [2.45, 2.75) is 45.7 Å². The summed E-state index contributed by atoms with van der Waals surface area (Å²) in [5.74, 6) is 0. The molecule has 20 heavy (non-hydrogen) atoms. The zero-order valence-corrected chi connectivity index (χ0v) is 12.6. The number of hydrogen-bond acceptors (Lipinski definition) is 2. The van der Waals surface area contributed by atoms with Crippen molar-refractivity contribution in [3.05, 3.63) is 41.2 Å². The van der Waals surface area contributed by atoms with Gasteiger partial charge in [-0.25, -0.2) is 0 Å². The summed E-state index contributed by atoms with van der Waals surface area (Å²) in [5, 5.41) is 8.00. The van der Waals surface area contributed by atoms with Gasteiger partial charge in [0.05, 0.1) is 5.69 Å². The predicted octanol–water partition coefficient (Wildman–Crippen LogP) is 3.48. The molecule has 0 saturated carbocycles. The maximum atomic E-state index is 4.61. The van der Waals surface area contributed by atoms with Crippen LogP contribution in [-0.2, 0) is 13.0 Å². The summed E-state index contributed by atoms with van der Waals surface area (Å²) in [5.41, 5.74) is 6.66. The molecule has 0 amide bonds. The van der Waals surface area contributed by atoms with Crippen molar-refractivity contribution in [2.24, 2.45) is 0 Å². The van der Waals surface area contributed by atoms with Crippen LogP contribution in [0.25, 0.3) is 11.1 Å². The fourth-order valence-electron chi connectivity index (χ4n) is 3.23. The molecule has 1 aliphatic rings. The topological polar surface area (TPSA) is 29.9 Å². The van der Waals surface area contributed by atoms with Gasteiger partial charge in [0.25, 0.3) is 0 Å². The highest BCUT2D eigenvalue weighted by atomic mass is 15.3. The van der Waals surface area contributed by atoms with E-state index < -0.39 is 0 Å². The van der Waals surface area contributed by atoms with E-state index in [1.807, 2.05) is 7.05 Å². The maximum Gasteiger partial charge on any atom is 0.0672 e. The van der Waals surface area contributed by atoms with Crippen LogP contribution in [-0.4, -0.2) is 16.8 Å². The van der Waals surface area contributed by atoms with Crippen LogP contribution in [0.4, 0.5) is 0 Å². The highest BCUT2D eigenvalue weighted by Crippen LogP contribution is 2.34. The van der Waals surface area contributed by atoms with Crippen LogP contribution in [0, 0.1) is 6.92 Å². The Hall–Kier alpha value is -1.61. The molecule has 1 atom stereocenters. The maximum absolute atomic E-state index is 4.61. The van der Waals surface area contributed by atoms with Gasteiger partial charge in [-0.05, 0) is 49.9 Å². The molecule has 1 heterocycles. The molecule has 3 nitrogen and oxygen atoms in total. The first-order valence-electron chi connectivity index (χ1n) is 7.57. The zero-order valence-electron chi connectivity index (χ0n) is 12.6. The summed E-state index contributed by atoms with van der Waals surface area (Å²) in [6.07, 6.45) is 5.69. The van der Waals surface area contributed by atoms with E-state index in [-0.39, 0.29) is 0 Å². The molecule has 0 fully saturated rings. The van der Waals surface area contributed by atoms with Gasteiger partial charge in [0.2, 0.25) is 0 Å². The number of hydrogen-bond donors (Lipinski definition) is 1. The van der Waals surface area contributed by atoms with Crippen LogP contribution in [0.3, 0.4) is 0 Å². The van der Waals surface area contributed by atoms with E-state index in [2.05, 4.69) is 53.3 Å². The Morgan fingerprint density at radius 3 is 3.00 bits per heavy atom. The Bertz CT molecular complexity index is 613. The summed E-state index contributed by atoms with van der Waals surface area (Å²) >= 11 is 0. The van der Waals surface area contributed by atoms with Gasteiger partial charge in [-0.15, -0.1) is 0 Å². The quantitative estimate of drug-likeness (QED) is 0.921. The molecule has 0 saturated heterocycles. The van der Waals surface area contributed by atoms with Gasteiger partial charge in [-0.1, -0.05) is 25.1 Å². The first-order chi connectivity index (χ1) is 9.72. The van der Waals surface area contributed by atoms with Gasteiger partial charge in [0.15, 0.2) is 0 Å². The van der Waals surface area contributed by atoms with E-state index >= 15 is 0 Å². The van der Waals surface area contributed by atoms with E-state index in [0.717, 1.165) is 18.7 Å². The molecule has 0 aliphatic heterocycles. The lowest BCUT2D eigenvalue weighted by atomic mass is 10.0. The largest absolute Gasteiger partial charge is 0.313 e. The van der Waals surface area contributed by atoms with Crippen molar-refractivity contribution in [3.8, 4) is 11.1 Å². The van der Waals surface area contributed by atoms with Crippen molar-refractivity contribution in [1.82, 2.24) is 15.1 Å². The molecular weight excluding hydrogens is 246 g/mol. The Morgan fingerprint density at radius 1 is 1.40 bits per heavy atom. The van der Waals surface area contributed by atoms with Gasteiger partial charge >= 0.3 is 0 Å². The van der Waals surface area contributed by atoms with Crippen LogP contribution < -0.4 is 5.32 Å². The van der Waals surface area contributed by atoms with E-state index in [4.69, 9.17) is 0 Å². The molecule has 1 aromatic carbocycles. The van der Waals surface area contributed by atoms with Gasteiger partial charge in [-0.2, -0.15) is 5.10 Å². The minimum Gasteiger partial charge on any atom is -0.313 e. The molecule has 1 unspecified atom stereocenters. The smallest absolute Gasteiger partial charge is 0.0672 e. The third-order valence-electron chi connectivity index (χ3n) is 4.28. The van der Waals surface area contributed by atoms with Crippen molar-refractivity contribution in [3.63, 3.8) is 0 Å². The summed E-state index contributed by atoms with van der Waals surface area (Å²) < 4.78 is 2.06. The Kier molecular flexibility index (Phi) is 3.62. The average Bonchev–Trinajstić information content (AvgIpc) is 3.01. The number of benzene rings is 1. The summed E-state index contributed by atoms with van der Waals surface area (Å²) in [6, 6.07) is 7.42. The lowest BCUT2D eigenvalue weighted by Crippen LogP contribution is -2.12. The normalized spacial score (nSPS) is 17.4. The average molecular weight is 269 g/mol. The molecule has 0 bridgehead atoms. The number of fused-ring (bicyclic) bond motifs is 1. The first-order valence-corrected chi connectivity index (χ1v) is 7.57. The van der Waals surface area contributed by atoms with Gasteiger partial charge in [-0.3, -0.25) is 4.68 Å². The lowest BCUT2D eigenvalue weighted by molar-refractivity contribution is 0.590. The van der Waals surface area contributed by atoms with Crippen molar-refractivity contribution in [2.75, 3.05) is 7.05 Å². The molecule has 0 radical (unpaired) electrons. The SMILES string of the molecule is CCCn1cc(-c2ccc3c(c2)CCC3NC)c(C)n1. The number of rotatable bonds is 4. The van der Waals surface area contributed by atoms with Crippen molar-refractivity contribution in [1.29, 1.82) is 0 Å². The second-order valence-electron chi connectivity index (χ2n) is 5.68. The molecule has 0 spiro atoms. The standard InChI is InChI=1S/C17H23N3/c1-4-9-20-11-16(12(2)19-20)14-5-7-15-13(10-14)6-8-17(15)18-3/h5,7,10-11,17-18H,4,6,8-9H2,1-3H3.